The maximum absolute atomic E-state index is 12.5. The molecule has 0 spiro atoms. The zero-order valence-electron chi connectivity index (χ0n) is 15.8. The molecule has 150 valence electrons. The smallest absolute Gasteiger partial charge is 0.325 e. The van der Waals surface area contributed by atoms with E-state index in [2.05, 4.69) is 20.9 Å². The molecule has 0 atom stereocenters. The molecule has 1 heterocycles. The number of urea groups is 1. The third-order valence-corrected chi connectivity index (χ3v) is 5.26. The zero-order chi connectivity index (χ0) is 20.8. The van der Waals surface area contributed by atoms with Gasteiger partial charge in [0.2, 0.25) is 0 Å². The summed E-state index contributed by atoms with van der Waals surface area (Å²) in [6, 6.07) is 13.7. The summed E-state index contributed by atoms with van der Waals surface area (Å²) >= 11 is 6.94. The Bertz CT molecular complexity index is 1000. The molecular formula is C20H19ClN4O3S. The topological polar surface area (TPSA) is 92.4 Å². The number of amides is 3. The second-order valence-corrected chi connectivity index (χ2v) is 7.49. The van der Waals surface area contributed by atoms with Gasteiger partial charge in [-0.15, -0.1) is 0 Å². The van der Waals surface area contributed by atoms with Crippen LogP contribution in [0.5, 0.6) is 5.75 Å². The molecule has 3 aromatic rings. The molecule has 0 fully saturated rings. The van der Waals surface area contributed by atoms with Crippen molar-refractivity contribution in [3.05, 3.63) is 69.7 Å². The summed E-state index contributed by atoms with van der Waals surface area (Å²) in [6.45, 7) is 2.10. The van der Waals surface area contributed by atoms with E-state index in [1.54, 1.807) is 38.3 Å². The van der Waals surface area contributed by atoms with Crippen LogP contribution < -0.4 is 20.7 Å². The van der Waals surface area contributed by atoms with Gasteiger partial charge in [0.1, 0.15) is 10.6 Å². The van der Waals surface area contributed by atoms with Crippen LogP contribution in [0.15, 0.2) is 48.5 Å². The van der Waals surface area contributed by atoms with Crippen molar-refractivity contribution in [1.82, 2.24) is 10.3 Å². The molecule has 0 aliphatic carbocycles. The molecule has 3 N–H and O–H groups in total. The van der Waals surface area contributed by atoms with Crippen LogP contribution in [-0.2, 0) is 6.54 Å². The molecule has 0 radical (unpaired) electrons. The Hall–Kier alpha value is -3.10. The van der Waals surface area contributed by atoms with Crippen LogP contribution in [0.3, 0.4) is 0 Å². The van der Waals surface area contributed by atoms with E-state index in [1.165, 1.54) is 0 Å². The normalized spacial score (nSPS) is 10.3. The van der Waals surface area contributed by atoms with E-state index in [-0.39, 0.29) is 5.91 Å². The molecule has 0 bridgehead atoms. The number of thiazole rings is 1. The first-order valence-corrected chi connectivity index (χ1v) is 9.86. The van der Waals surface area contributed by atoms with E-state index in [0.717, 1.165) is 22.6 Å². The van der Waals surface area contributed by atoms with Gasteiger partial charge in [0.25, 0.3) is 5.91 Å². The van der Waals surface area contributed by atoms with Gasteiger partial charge in [-0.3, -0.25) is 10.1 Å². The van der Waals surface area contributed by atoms with Gasteiger partial charge in [-0.1, -0.05) is 35.1 Å². The Labute approximate surface area is 177 Å². The van der Waals surface area contributed by atoms with E-state index < -0.39 is 6.03 Å². The number of ether oxygens (including phenoxy) is 1. The van der Waals surface area contributed by atoms with Gasteiger partial charge in [0.15, 0.2) is 5.13 Å². The second kappa shape index (κ2) is 9.40. The molecule has 2 aromatic carbocycles. The molecule has 7 nitrogen and oxygen atoms in total. The van der Waals surface area contributed by atoms with E-state index >= 15 is 0 Å². The fourth-order valence-corrected chi connectivity index (χ4v) is 3.46. The monoisotopic (exact) mass is 430 g/mol. The van der Waals surface area contributed by atoms with Crippen LogP contribution in [-0.4, -0.2) is 24.0 Å². The van der Waals surface area contributed by atoms with Crippen molar-refractivity contribution in [3.63, 3.8) is 0 Å². The van der Waals surface area contributed by atoms with Crippen LogP contribution in [0.2, 0.25) is 5.02 Å². The summed E-state index contributed by atoms with van der Waals surface area (Å²) in [7, 11) is 1.60. The van der Waals surface area contributed by atoms with Crippen LogP contribution in [0, 0.1) is 6.92 Å². The number of methoxy groups -OCH3 is 1. The van der Waals surface area contributed by atoms with E-state index in [1.807, 2.05) is 24.3 Å². The zero-order valence-corrected chi connectivity index (χ0v) is 17.4. The number of aryl methyl sites for hydroxylation is 1. The fourth-order valence-electron chi connectivity index (χ4n) is 2.46. The van der Waals surface area contributed by atoms with Crippen LogP contribution >= 0.6 is 22.9 Å². The highest BCUT2D eigenvalue weighted by Crippen LogP contribution is 2.23. The number of carbonyl (C=O) groups is 2. The van der Waals surface area contributed by atoms with Gasteiger partial charge in [-0.2, -0.15) is 0 Å². The van der Waals surface area contributed by atoms with Crippen molar-refractivity contribution in [2.45, 2.75) is 13.5 Å². The van der Waals surface area contributed by atoms with Crippen LogP contribution in [0.1, 0.15) is 20.9 Å². The highest BCUT2D eigenvalue weighted by molar-refractivity contribution is 7.17. The third-order valence-electron chi connectivity index (χ3n) is 3.94. The first kappa shape index (κ1) is 20.6. The van der Waals surface area contributed by atoms with E-state index in [4.69, 9.17) is 16.3 Å². The summed E-state index contributed by atoms with van der Waals surface area (Å²) in [4.78, 5) is 29.3. The predicted octanol–water partition coefficient (Wildman–Crippen LogP) is 4.69. The molecule has 0 saturated carbocycles. The number of rotatable bonds is 6. The highest BCUT2D eigenvalue weighted by atomic mass is 35.5. The number of carbonyl (C=O) groups excluding carboxylic acids is 2. The maximum Gasteiger partial charge on any atom is 0.325 e. The number of halogens is 1. The average Bonchev–Trinajstić information content (AvgIpc) is 3.08. The molecule has 0 aliphatic heterocycles. The molecule has 3 amide bonds. The minimum Gasteiger partial charge on any atom is -0.497 e. The van der Waals surface area contributed by atoms with Crippen molar-refractivity contribution in [1.29, 1.82) is 0 Å². The standard InChI is InChI=1S/C20H19ClN4O3S/c1-12-17(18(26)22-11-13-3-9-16(28-2)10-4-13)29-20(23-12)25-19(27)24-15-7-5-14(21)6-8-15/h3-10H,11H2,1-2H3,(H,22,26)(H2,23,24,25,27). The van der Waals surface area contributed by atoms with Gasteiger partial charge < -0.3 is 15.4 Å². The van der Waals surface area contributed by atoms with Gasteiger partial charge in [-0.05, 0) is 48.9 Å². The molecule has 0 aliphatic rings. The molecule has 1 aromatic heterocycles. The van der Waals surface area contributed by atoms with Crippen LogP contribution in [0.4, 0.5) is 15.6 Å². The Morgan fingerprint density at radius 1 is 1.07 bits per heavy atom. The minimum absolute atomic E-state index is 0.248. The molecule has 3 rings (SSSR count). The first-order chi connectivity index (χ1) is 13.9. The van der Waals surface area contributed by atoms with Gasteiger partial charge in [-0.25, -0.2) is 9.78 Å². The van der Waals surface area contributed by atoms with Crippen molar-refractivity contribution in [3.8, 4) is 5.75 Å². The number of anilines is 2. The minimum atomic E-state index is -0.453. The van der Waals surface area contributed by atoms with Gasteiger partial charge in [0.05, 0.1) is 12.8 Å². The summed E-state index contributed by atoms with van der Waals surface area (Å²) in [5.41, 5.74) is 2.09. The maximum atomic E-state index is 12.5. The number of nitrogens with one attached hydrogen (secondary N) is 3. The molecule has 29 heavy (non-hydrogen) atoms. The van der Waals surface area contributed by atoms with Crippen LogP contribution in [0.25, 0.3) is 0 Å². The van der Waals surface area contributed by atoms with Gasteiger partial charge in [0, 0.05) is 17.3 Å². The Morgan fingerprint density at radius 3 is 2.41 bits per heavy atom. The highest BCUT2D eigenvalue weighted by Gasteiger charge is 2.16. The van der Waals surface area contributed by atoms with Crippen molar-refractivity contribution in [2.24, 2.45) is 0 Å². The number of aromatic nitrogens is 1. The van der Waals surface area contributed by atoms with Crippen molar-refractivity contribution < 1.29 is 14.3 Å². The fraction of sp³-hybridized carbons (Fsp3) is 0.150. The lowest BCUT2D eigenvalue weighted by atomic mass is 10.2. The van der Waals surface area contributed by atoms with Gasteiger partial charge >= 0.3 is 6.03 Å². The number of benzene rings is 2. The van der Waals surface area contributed by atoms with E-state index in [0.29, 0.717) is 33.0 Å². The number of hydrogen-bond acceptors (Lipinski definition) is 5. The summed E-state index contributed by atoms with van der Waals surface area (Å²) in [5, 5.41) is 9.09. The quantitative estimate of drug-likeness (QED) is 0.529. The lowest BCUT2D eigenvalue weighted by molar-refractivity contribution is 0.0954. The first-order valence-electron chi connectivity index (χ1n) is 8.66. The number of hydrogen-bond donors (Lipinski definition) is 3. The SMILES string of the molecule is COc1ccc(CNC(=O)c2sc(NC(=O)Nc3ccc(Cl)cc3)nc2C)cc1. The molecule has 0 saturated heterocycles. The third kappa shape index (κ3) is 5.69. The average molecular weight is 431 g/mol. The largest absolute Gasteiger partial charge is 0.497 e. The molecule has 0 unspecified atom stereocenters. The predicted molar refractivity (Wildman–Crippen MR) is 115 cm³/mol. The van der Waals surface area contributed by atoms with E-state index in [9.17, 15) is 9.59 Å². The van der Waals surface area contributed by atoms with Crippen molar-refractivity contribution >= 4 is 45.7 Å². The Kier molecular flexibility index (Phi) is 6.69. The lowest BCUT2D eigenvalue weighted by Crippen LogP contribution is -2.22. The number of nitrogens with zero attached hydrogens (tertiary/aromatic N) is 1. The Balaban J connectivity index is 1.57. The molecular weight excluding hydrogens is 412 g/mol. The summed E-state index contributed by atoms with van der Waals surface area (Å²) in [6.07, 6.45) is 0. The Morgan fingerprint density at radius 2 is 1.76 bits per heavy atom. The summed E-state index contributed by atoms with van der Waals surface area (Å²) < 4.78 is 5.12. The second-order valence-electron chi connectivity index (χ2n) is 6.05. The lowest BCUT2D eigenvalue weighted by Gasteiger charge is -2.06. The molecule has 9 heteroatoms. The van der Waals surface area contributed by atoms with Crippen molar-refractivity contribution in [2.75, 3.05) is 17.7 Å². The summed E-state index contributed by atoms with van der Waals surface area (Å²) in [5.74, 6) is 0.507.